The predicted molar refractivity (Wildman–Crippen MR) is 80.5 cm³/mol. The quantitative estimate of drug-likeness (QED) is 0.695. The molecule has 3 unspecified atom stereocenters. The smallest absolute Gasteiger partial charge is 0.164 e. The Bertz CT molecular complexity index is 654. The summed E-state index contributed by atoms with van der Waals surface area (Å²) in [6.45, 7) is 3.79. The topological polar surface area (TPSA) is 3.24 Å². The number of nitrogens with zero attached hydrogens (tertiary/aromatic N) is 1. The first-order valence-electron chi connectivity index (χ1n) is 7.21. The van der Waals surface area contributed by atoms with E-state index in [1.165, 1.54) is 6.07 Å². The van der Waals surface area contributed by atoms with Crippen molar-refractivity contribution in [1.29, 1.82) is 0 Å². The Labute approximate surface area is 124 Å². The lowest BCUT2D eigenvalue weighted by Crippen LogP contribution is -2.41. The fourth-order valence-corrected chi connectivity index (χ4v) is 3.25. The number of aryl methyl sites for hydroxylation is 1. The highest BCUT2D eigenvalue weighted by Crippen LogP contribution is 2.44. The van der Waals surface area contributed by atoms with Crippen molar-refractivity contribution in [2.75, 3.05) is 7.05 Å². The normalized spacial score (nSPS) is 25.7. The lowest BCUT2D eigenvalue weighted by Gasteiger charge is -2.41. The molecule has 2 aromatic carbocycles. The molecule has 3 atom stereocenters. The standard InChI is InChI=1S/C18H19F2N/c1-11-9-14-12(2)21(3)18(20)16(17(14)15(19)10-11)13-7-5-4-6-8-13/h4-10,12,16,18H,1-3H3. The number of halogens is 2. The largest absolute Gasteiger partial charge is 0.269 e. The highest BCUT2D eigenvalue weighted by atomic mass is 19.1. The summed E-state index contributed by atoms with van der Waals surface area (Å²) >= 11 is 0. The van der Waals surface area contributed by atoms with Crippen LogP contribution in [0.4, 0.5) is 8.78 Å². The molecule has 0 spiro atoms. The van der Waals surface area contributed by atoms with Crippen LogP contribution in [-0.4, -0.2) is 18.2 Å². The maximum Gasteiger partial charge on any atom is 0.164 e. The minimum Gasteiger partial charge on any atom is -0.269 e. The number of hydrogen-bond acceptors (Lipinski definition) is 1. The number of alkyl halides is 1. The van der Waals surface area contributed by atoms with Gasteiger partial charge in [0, 0.05) is 11.6 Å². The van der Waals surface area contributed by atoms with E-state index in [9.17, 15) is 8.78 Å². The van der Waals surface area contributed by atoms with Gasteiger partial charge in [0.05, 0.1) is 5.92 Å². The minimum absolute atomic E-state index is 0.135. The Morgan fingerprint density at radius 2 is 1.76 bits per heavy atom. The Hall–Kier alpha value is -1.74. The molecule has 0 saturated carbocycles. The van der Waals surface area contributed by atoms with Gasteiger partial charge in [0.2, 0.25) is 0 Å². The molecule has 1 aliphatic rings. The summed E-state index contributed by atoms with van der Waals surface area (Å²) in [6.07, 6.45) is -1.23. The van der Waals surface area contributed by atoms with Crippen molar-refractivity contribution in [1.82, 2.24) is 4.90 Å². The fraction of sp³-hybridized carbons (Fsp3) is 0.333. The number of likely N-dealkylation sites (N-methyl/N-ethyl adjacent to an activating group) is 1. The van der Waals surface area contributed by atoms with E-state index in [2.05, 4.69) is 0 Å². The molecule has 3 rings (SSSR count). The van der Waals surface area contributed by atoms with Crippen LogP contribution in [0.15, 0.2) is 42.5 Å². The Morgan fingerprint density at radius 3 is 2.43 bits per heavy atom. The van der Waals surface area contributed by atoms with Crippen LogP contribution in [0.3, 0.4) is 0 Å². The van der Waals surface area contributed by atoms with Gasteiger partial charge in [0.1, 0.15) is 5.82 Å². The van der Waals surface area contributed by atoms with Crippen LogP contribution >= 0.6 is 0 Å². The zero-order valence-electron chi connectivity index (χ0n) is 12.5. The molecule has 0 amide bonds. The SMILES string of the molecule is Cc1cc(F)c2c(c1)C(C)N(C)C(F)C2c1ccccc1. The lowest BCUT2D eigenvalue weighted by molar-refractivity contribution is 0.0453. The summed E-state index contributed by atoms with van der Waals surface area (Å²) in [5, 5.41) is 0. The summed E-state index contributed by atoms with van der Waals surface area (Å²) in [4.78, 5) is 1.68. The van der Waals surface area contributed by atoms with Crippen LogP contribution in [0.2, 0.25) is 0 Å². The molecule has 3 heteroatoms. The van der Waals surface area contributed by atoms with E-state index in [4.69, 9.17) is 0 Å². The summed E-state index contributed by atoms with van der Waals surface area (Å²) in [7, 11) is 1.76. The fourth-order valence-electron chi connectivity index (χ4n) is 3.25. The van der Waals surface area contributed by atoms with E-state index < -0.39 is 12.2 Å². The van der Waals surface area contributed by atoms with Gasteiger partial charge in [-0.3, -0.25) is 4.90 Å². The molecule has 21 heavy (non-hydrogen) atoms. The Balaban J connectivity index is 2.24. The van der Waals surface area contributed by atoms with E-state index in [0.29, 0.717) is 5.56 Å². The minimum atomic E-state index is -1.23. The van der Waals surface area contributed by atoms with Gasteiger partial charge in [-0.15, -0.1) is 0 Å². The van der Waals surface area contributed by atoms with Crippen LogP contribution in [0.5, 0.6) is 0 Å². The van der Waals surface area contributed by atoms with E-state index in [0.717, 1.165) is 16.7 Å². The van der Waals surface area contributed by atoms with Crippen molar-refractivity contribution in [3.8, 4) is 0 Å². The second-order valence-corrected chi connectivity index (χ2v) is 5.85. The summed E-state index contributed by atoms with van der Waals surface area (Å²) in [6, 6.07) is 12.7. The van der Waals surface area contributed by atoms with Crippen molar-refractivity contribution in [3.63, 3.8) is 0 Å². The van der Waals surface area contributed by atoms with Gasteiger partial charge in [0.15, 0.2) is 6.30 Å². The molecule has 1 nitrogen and oxygen atoms in total. The molecule has 0 aromatic heterocycles. The molecule has 0 aliphatic carbocycles. The molecule has 1 aliphatic heterocycles. The van der Waals surface area contributed by atoms with Gasteiger partial charge in [-0.1, -0.05) is 36.4 Å². The van der Waals surface area contributed by atoms with Crippen LogP contribution in [0.1, 0.15) is 41.1 Å². The van der Waals surface area contributed by atoms with Gasteiger partial charge in [0.25, 0.3) is 0 Å². The second-order valence-electron chi connectivity index (χ2n) is 5.85. The number of hydrogen-bond donors (Lipinski definition) is 0. The molecular formula is C18H19F2N. The zero-order chi connectivity index (χ0) is 15.1. The predicted octanol–water partition coefficient (Wildman–Crippen LogP) is 4.57. The molecule has 1 heterocycles. The van der Waals surface area contributed by atoms with Crippen LogP contribution < -0.4 is 0 Å². The summed E-state index contributed by atoms with van der Waals surface area (Å²) < 4.78 is 29.5. The van der Waals surface area contributed by atoms with Crippen molar-refractivity contribution in [2.24, 2.45) is 0 Å². The third kappa shape index (κ3) is 2.26. The molecule has 0 radical (unpaired) electrons. The maximum absolute atomic E-state index is 14.9. The molecule has 110 valence electrons. The van der Waals surface area contributed by atoms with E-state index in [-0.39, 0.29) is 11.9 Å². The highest BCUT2D eigenvalue weighted by Gasteiger charge is 2.40. The third-order valence-corrected chi connectivity index (χ3v) is 4.50. The van der Waals surface area contributed by atoms with Crippen LogP contribution in [0.25, 0.3) is 0 Å². The maximum atomic E-state index is 14.9. The summed E-state index contributed by atoms with van der Waals surface area (Å²) in [5.41, 5.74) is 3.08. The van der Waals surface area contributed by atoms with E-state index >= 15 is 0 Å². The average molecular weight is 287 g/mol. The van der Waals surface area contributed by atoms with Gasteiger partial charge >= 0.3 is 0 Å². The second kappa shape index (κ2) is 5.23. The first-order valence-corrected chi connectivity index (χ1v) is 7.21. The van der Waals surface area contributed by atoms with Gasteiger partial charge in [-0.05, 0) is 43.7 Å². The monoisotopic (exact) mass is 287 g/mol. The number of rotatable bonds is 1. The van der Waals surface area contributed by atoms with Gasteiger partial charge in [-0.25, -0.2) is 8.78 Å². The Morgan fingerprint density at radius 1 is 1.10 bits per heavy atom. The molecule has 0 saturated heterocycles. The van der Waals surface area contributed by atoms with Crippen molar-refractivity contribution in [3.05, 3.63) is 70.5 Å². The van der Waals surface area contributed by atoms with Crippen LogP contribution in [0, 0.1) is 12.7 Å². The molecule has 0 N–H and O–H groups in total. The van der Waals surface area contributed by atoms with Crippen molar-refractivity contribution < 1.29 is 8.78 Å². The van der Waals surface area contributed by atoms with E-state index in [1.54, 1.807) is 11.9 Å². The molecule has 2 aromatic rings. The average Bonchev–Trinajstić information content (AvgIpc) is 2.47. The zero-order valence-corrected chi connectivity index (χ0v) is 12.5. The van der Waals surface area contributed by atoms with Crippen molar-refractivity contribution in [2.45, 2.75) is 32.1 Å². The number of fused-ring (bicyclic) bond motifs is 1. The number of benzene rings is 2. The first-order chi connectivity index (χ1) is 10.0. The highest BCUT2D eigenvalue weighted by molar-refractivity contribution is 5.45. The molecular weight excluding hydrogens is 268 g/mol. The Kier molecular flexibility index (Phi) is 3.54. The third-order valence-electron chi connectivity index (χ3n) is 4.50. The summed E-state index contributed by atoms with van der Waals surface area (Å²) in [5.74, 6) is -0.885. The van der Waals surface area contributed by atoms with E-state index in [1.807, 2.05) is 50.2 Å². The first kappa shape index (κ1) is 14.2. The molecule has 0 fully saturated rings. The van der Waals surface area contributed by atoms with Crippen molar-refractivity contribution >= 4 is 0 Å². The van der Waals surface area contributed by atoms with Crippen LogP contribution in [-0.2, 0) is 0 Å². The van der Waals surface area contributed by atoms with Gasteiger partial charge in [-0.2, -0.15) is 0 Å². The van der Waals surface area contributed by atoms with Gasteiger partial charge < -0.3 is 0 Å². The molecule has 0 bridgehead atoms. The lowest BCUT2D eigenvalue weighted by atomic mass is 9.80.